The van der Waals surface area contributed by atoms with E-state index in [9.17, 15) is 35.9 Å². The molecule has 0 unspecified atom stereocenters. The van der Waals surface area contributed by atoms with Crippen LogP contribution in [-0.4, -0.2) is 0 Å². The lowest BCUT2D eigenvalue weighted by atomic mass is 10.1. The Kier molecular flexibility index (Phi) is 3.54. The van der Waals surface area contributed by atoms with Gasteiger partial charge in [-0.05, 0) is 25.1 Å². The van der Waals surface area contributed by atoms with E-state index in [1.807, 2.05) is 0 Å². The minimum Gasteiger partial charge on any atom is -0.352 e. The van der Waals surface area contributed by atoms with Crippen molar-refractivity contribution in [3.05, 3.63) is 55.3 Å². The molecule has 0 heterocycles. The Morgan fingerprint density at radius 3 is 1.64 bits per heavy atom. The standard InChI is InChI=1S/C13H7F6NO2/c1-5-9(11(22)10(5)21)20-8-3-6(12(14,15)16)2-7(4-8)13(17,18)19/h2-4,20H,1H3. The van der Waals surface area contributed by atoms with E-state index in [0.29, 0.717) is 12.1 Å². The second kappa shape index (κ2) is 4.85. The van der Waals surface area contributed by atoms with Gasteiger partial charge in [0.1, 0.15) is 0 Å². The molecule has 0 aliphatic carbocycles. The predicted molar refractivity (Wildman–Crippen MR) is 65.8 cm³/mol. The highest BCUT2D eigenvalue weighted by Crippen LogP contribution is 2.38. The molecule has 0 aliphatic heterocycles. The number of hydrogen-bond donors (Lipinski definition) is 1. The predicted octanol–water partition coefficient (Wildman–Crippen LogP) is 3.37. The fraction of sp³-hybridized carbons (Fsp3) is 0.231. The van der Waals surface area contributed by atoms with E-state index >= 15 is 0 Å². The second-order valence-corrected chi connectivity index (χ2v) is 4.58. The fourth-order valence-corrected chi connectivity index (χ4v) is 1.83. The average molecular weight is 323 g/mol. The third kappa shape index (κ3) is 2.83. The molecule has 0 radical (unpaired) electrons. The van der Waals surface area contributed by atoms with Crippen LogP contribution >= 0.6 is 0 Å². The minimum absolute atomic E-state index is 0.0276. The highest BCUT2D eigenvalue weighted by Gasteiger charge is 2.37. The molecule has 0 aromatic heterocycles. The number of hydrogen-bond acceptors (Lipinski definition) is 3. The van der Waals surface area contributed by atoms with Crippen molar-refractivity contribution in [2.75, 3.05) is 5.32 Å². The van der Waals surface area contributed by atoms with E-state index in [1.165, 1.54) is 6.92 Å². The Morgan fingerprint density at radius 2 is 1.27 bits per heavy atom. The lowest BCUT2D eigenvalue weighted by Gasteiger charge is -2.16. The highest BCUT2D eigenvalue weighted by molar-refractivity contribution is 5.67. The van der Waals surface area contributed by atoms with Crippen LogP contribution in [0.25, 0.3) is 0 Å². The van der Waals surface area contributed by atoms with Gasteiger partial charge in [-0.3, -0.25) is 9.59 Å². The first kappa shape index (κ1) is 16.1. The van der Waals surface area contributed by atoms with Gasteiger partial charge in [-0.2, -0.15) is 26.3 Å². The van der Waals surface area contributed by atoms with Gasteiger partial charge in [0.2, 0.25) is 10.9 Å². The van der Waals surface area contributed by atoms with Crippen LogP contribution < -0.4 is 16.2 Å². The number of anilines is 2. The molecule has 0 saturated carbocycles. The first-order valence-electron chi connectivity index (χ1n) is 5.77. The SMILES string of the molecule is Cc1c(Nc2cc(C(F)(F)F)cc(C(F)(F)F)c2)c(=O)c1=O. The summed E-state index contributed by atoms with van der Waals surface area (Å²) in [6, 6.07) is 0.845. The van der Waals surface area contributed by atoms with Crippen molar-refractivity contribution in [2.45, 2.75) is 19.3 Å². The van der Waals surface area contributed by atoms with E-state index in [-0.39, 0.29) is 17.3 Å². The minimum atomic E-state index is -4.99. The molecule has 0 amide bonds. The number of halogens is 6. The van der Waals surface area contributed by atoms with Crippen LogP contribution in [0.4, 0.5) is 37.7 Å². The Labute approximate surface area is 118 Å². The van der Waals surface area contributed by atoms with E-state index in [0.717, 1.165) is 0 Å². The van der Waals surface area contributed by atoms with Gasteiger partial charge in [-0.25, -0.2) is 0 Å². The maximum atomic E-state index is 12.7. The van der Waals surface area contributed by atoms with Gasteiger partial charge in [0.05, 0.1) is 16.8 Å². The van der Waals surface area contributed by atoms with Crippen molar-refractivity contribution >= 4 is 11.4 Å². The van der Waals surface area contributed by atoms with Crippen molar-refractivity contribution in [1.82, 2.24) is 0 Å². The first-order valence-corrected chi connectivity index (χ1v) is 5.77. The molecule has 3 nitrogen and oxygen atoms in total. The lowest BCUT2D eigenvalue weighted by Crippen LogP contribution is -2.36. The molecule has 0 fully saturated rings. The van der Waals surface area contributed by atoms with Crippen LogP contribution in [0, 0.1) is 6.92 Å². The largest absolute Gasteiger partial charge is 0.416 e. The molecular formula is C13H7F6NO2. The van der Waals surface area contributed by atoms with Gasteiger partial charge in [0, 0.05) is 11.3 Å². The highest BCUT2D eigenvalue weighted by atomic mass is 19.4. The number of nitrogens with one attached hydrogen (secondary N) is 1. The van der Waals surface area contributed by atoms with Gasteiger partial charge in [0.15, 0.2) is 0 Å². The van der Waals surface area contributed by atoms with Crippen LogP contribution in [0.3, 0.4) is 0 Å². The maximum absolute atomic E-state index is 12.7. The van der Waals surface area contributed by atoms with Gasteiger partial charge in [-0.15, -0.1) is 0 Å². The summed E-state index contributed by atoms with van der Waals surface area (Å²) >= 11 is 0. The Balaban J connectivity index is 2.52. The monoisotopic (exact) mass is 323 g/mol. The van der Waals surface area contributed by atoms with Crippen LogP contribution in [0.5, 0.6) is 0 Å². The molecule has 2 rings (SSSR count). The van der Waals surface area contributed by atoms with Gasteiger partial charge < -0.3 is 5.32 Å². The van der Waals surface area contributed by atoms with Crippen molar-refractivity contribution in [3.8, 4) is 0 Å². The molecule has 118 valence electrons. The topological polar surface area (TPSA) is 46.2 Å². The third-order valence-corrected chi connectivity index (χ3v) is 3.01. The van der Waals surface area contributed by atoms with Crippen LogP contribution in [0.2, 0.25) is 0 Å². The number of rotatable bonds is 2. The van der Waals surface area contributed by atoms with Crippen LogP contribution in [-0.2, 0) is 12.4 Å². The Morgan fingerprint density at radius 1 is 0.818 bits per heavy atom. The quantitative estimate of drug-likeness (QED) is 0.681. The lowest BCUT2D eigenvalue weighted by molar-refractivity contribution is -0.143. The molecule has 0 spiro atoms. The fourth-order valence-electron chi connectivity index (χ4n) is 1.83. The molecule has 2 aromatic carbocycles. The molecule has 0 aliphatic rings. The average Bonchev–Trinajstić information content (AvgIpc) is 2.41. The molecule has 0 saturated heterocycles. The zero-order chi connectivity index (χ0) is 16.9. The van der Waals surface area contributed by atoms with Crippen LogP contribution in [0.15, 0.2) is 27.8 Å². The van der Waals surface area contributed by atoms with E-state index < -0.39 is 40.0 Å². The molecule has 0 atom stereocenters. The molecule has 0 bridgehead atoms. The first-order chi connectivity index (χ1) is 9.91. The van der Waals surface area contributed by atoms with Crippen LogP contribution in [0.1, 0.15) is 16.7 Å². The summed E-state index contributed by atoms with van der Waals surface area (Å²) in [5.41, 5.74) is -5.76. The van der Waals surface area contributed by atoms with Crippen molar-refractivity contribution in [2.24, 2.45) is 0 Å². The molecule has 22 heavy (non-hydrogen) atoms. The second-order valence-electron chi connectivity index (χ2n) is 4.58. The zero-order valence-electron chi connectivity index (χ0n) is 10.8. The third-order valence-electron chi connectivity index (χ3n) is 3.01. The van der Waals surface area contributed by atoms with Gasteiger partial charge in [0.25, 0.3) is 0 Å². The Hall–Kier alpha value is -2.32. The summed E-state index contributed by atoms with van der Waals surface area (Å²) in [5.74, 6) is 0. The number of benzene rings is 1. The van der Waals surface area contributed by atoms with Crippen molar-refractivity contribution < 1.29 is 26.3 Å². The van der Waals surface area contributed by atoms with E-state index in [2.05, 4.69) is 5.32 Å². The summed E-state index contributed by atoms with van der Waals surface area (Å²) in [5, 5.41) is 2.14. The molecule has 9 heteroatoms. The summed E-state index contributed by atoms with van der Waals surface area (Å²) in [6.45, 7) is 1.24. The summed E-state index contributed by atoms with van der Waals surface area (Å²) < 4.78 is 75.9. The van der Waals surface area contributed by atoms with Gasteiger partial charge in [-0.1, -0.05) is 0 Å². The van der Waals surface area contributed by atoms with Gasteiger partial charge >= 0.3 is 12.4 Å². The molecule has 2 aromatic rings. The van der Waals surface area contributed by atoms with Crippen molar-refractivity contribution in [3.63, 3.8) is 0 Å². The molecule has 1 N–H and O–H groups in total. The normalized spacial score (nSPS) is 12.7. The van der Waals surface area contributed by atoms with Crippen molar-refractivity contribution in [1.29, 1.82) is 0 Å². The summed E-state index contributed by atoms with van der Waals surface area (Å²) in [4.78, 5) is 22.2. The summed E-state index contributed by atoms with van der Waals surface area (Å²) in [6.07, 6.45) is -9.97. The maximum Gasteiger partial charge on any atom is 0.416 e. The summed E-state index contributed by atoms with van der Waals surface area (Å²) in [7, 11) is 0. The zero-order valence-corrected chi connectivity index (χ0v) is 10.8. The Bertz CT molecular complexity index is 764. The molecular weight excluding hydrogens is 316 g/mol. The number of alkyl halides is 6. The van der Waals surface area contributed by atoms with E-state index in [1.54, 1.807) is 0 Å². The smallest absolute Gasteiger partial charge is 0.352 e. The van der Waals surface area contributed by atoms with E-state index in [4.69, 9.17) is 0 Å².